The molecule has 4 nitrogen and oxygen atoms in total. The molecule has 0 bridgehead atoms. The van der Waals surface area contributed by atoms with E-state index in [1.807, 2.05) is 56.9 Å². The molecule has 2 aromatic rings. The second kappa shape index (κ2) is 7.33. The molecule has 0 saturated heterocycles. The summed E-state index contributed by atoms with van der Waals surface area (Å²) in [7, 11) is 0. The van der Waals surface area contributed by atoms with Crippen LogP contribution in [-0.2, 0) is 6.54 Å². The Labute approximate surface area is 139 Å². The zero-order valence-corrected chi connectivity index (χ0v) is 15.0. The summed E-state index contributed by atoms with van der Waals surface area (Å²) in [5, 5.41) is 0.0811. The number of carbonyl (C=O) groups is 1. The van der Waals surface area contributed by atoms with Gasteiger partial charge in [-0.2, -0.15) is 0 Å². The molecule has 0 aliphatic rings. The van der Waals surface area contributed by atoms with Gasteiger partial charge in [0.15, 0.2) is 0 Å². The van der Waals surface area contributed by atoms with Crippen LogP contribution in [0.3, 0.4) is 0 Å². The molecule has 6 heteroatoms. The third-order valence-corrected chi connectivity index (χ3v) is 5.24. The molecule has 1 aromatic carbocycles. The van der Waals surface area contributed by atoms with Gasteiger partial charge in [-0.3, -0.25) is 14.2 Å². The van der Waals surface area contributed by atoms with E-state index in [-0.39, 0.29) is 22.2 Å². The van der Waals surface area contributed by atoms with Crippen molar-refractivity contribution in [1.82, 2.24) is 9.47 Å². The average Bonchev–Trinajstić information content (AvgIpc) is 2.74. The quantitative estimate of drug-likeness (QED) is 0.826. The normalized spacial score (nSPS) is 11.5. The van der Waals surface area contributed by atoms with Gasteiger partial charge in [0.2, 0.25) is 0 Å². The summed E-state index contributed by atoms with van der Waals surface area (Å²) in [6, 6.07) is 8.14. The molecule has 0 atom stereocenters. The number of carbonyl (C=O) groups excluding carboxylic acids is 1. The van der Waals surface area contributed by atoms with Crippen LogP contribution in [0.1, 0.15) is 27.7 Å². The number of rotatable bonds is 5. The average molecular weight is 338 g/mol. The van der Waals surface area contributed by atoms with E-state index in [1.54, 1.807) is 4.57 Å². The number of benzene rings is 1. The highest BCUT2D eigenvalue weighted by molar-refractivity contribution is 8.13. The van der Waals surface area contributed by atoms with E-state index < -0.39 is 0 Å². The van der Waals surface area contributed by atoms with Gasteiger partial charge in [-0.05, 0) is 39.8 Å². The Hall–Kier alpha value is -1.27. The van der Waals surface area contributed by atoms with Gasteiger partial charge in [0.25, 0.3) is 5.24 Å². The van der Waals surface area contributed by atoms with Crippen LogP contribution >= 0.6 is 23.1 Å². The Bertz CT molecular complexity index is 695. The van der Waals surface area contributed by atoms with Gasteiger partial charge in [-0.15, -0.1) is 0 Å². The van der Waals surface area contributed by atoms with E-state index in [1.165, 1.54) is 23.1 Å². The summed E-state index contributed by atoms with van der Waals surface area (Å²) < 4.78 is 2.75. The molecule has 0 fully saturated rings. The van der Waals surface area contributed by atoms with Gasteiger partial charge >= 0.3 is 4.87 Å². The molecule has 1 heterocycles. The molecular weight excluding hydrogens is 316 g/mol. The maximum Gasteiger partial charge on any atom is 0.308 e. The van der Waals surface area contributed by atoms with Crippen LogP contribution in [0.25, 0.3) is 10.2 Å². The monoisotopic (exact) mass is 338 g/mol. The van der Waals surface area contributed by atoms with Crippen molar-refractivity contribution in [1.29, 1.82) is 0 Å². The molecule has 0 aliphatic carbocycles. The number of aromatic nitrogens is 1. The molecule has 0 spiro atoms. The van der Waals surface area contributed by atoms with E-state index in [2.05, 4.69) is 0 Å². The number of aryl methyl sites for hydroxylation is 1. The SMILES string of the molecule is CC(C)N(C(=O)SCCn1c(=O)sc2ccccc21)C(C)C. The number of thiazole rings is 1. The van der Waals surface area contributed by atoms with Crippen LogP contribution in [0.15, 0.2) is 29.1 Å². The third kappa shape index (κ3) is 3.73. The maximum atomic E-state index is 12.3. The molecule has 0 aliphatic heterocycles. The van der Waals surface area contributed by atoms with Crippen LogP contribution in [0.2, 0.25) is 0 Å². The fourth-order valence-corrected chi connectivity index (χ4v) is 4.48. The first-order valence-corrected chi connectivity index (χ1v) is 9.25. The van der Waals surface area contributed by atoms with Crippen LogP contribution < -0.4 is 4.87 Å². The fourth-order valence-electron chi connectivity index (χ4n) is 2.54. The fraction of sp³-hybridized carbons (Fsp3) is 0.500. The number of para-hydroxylation sites is 1. The smallest absolute Gasteiger partial charge is 0.308 e. The molecule has 120 valence electrons. The standard InChI is InChI=1S/C16H22N2O2S2/c1-11(2)18(12(3)4)16(20)21-10-9-17-13-7-5-6-8-14(13)22-15(17)19/h5-8,11-12H,9-10H2,1-4H3. The largest absolute Gasteiger partial charge is 0.329 e. The zero-order valence-electron chi connectivity index (χ0n) is 13.4. The molecule has 0 saturated carbocycles. The molecule has 0 unspecified atom stereocenters. The summed E-state index contributed by atoms with van der Waals surface area (Å²) in [6.07, 6.45) is 0. The van der Waals surface area contributed by atoms with Crippen LogP contribution in [-0.4, -0.2) is 32.5 Å². The van der Waals surface area contributed by atoms with Gasteiger partial charge in [-0.1, -0.05) is 35.2 Å². The molecule has 2 rings (SSSR count). The lowest BCUT2D eigenvalue weighted by Crippen LogP contribution is -2.40. The number of amides is 1. The second-order valence-electron chi connectivity index (χ2n) is 5.70. The first-order chi connectivity index (χ1) is 10.4. The summed E-state index contributed by atoms with van der Waals surface area (Å²) in [4.78, 5) is 26.3. The Balaban J connectivity index is 2.02. The van der Waals surface area contributed by atoms with Gasteiger partial charge in [0, 0.05) is 24.4 Å². The highest BCUT2D eigenvalue weighted by Gasteiger charge is 2.20. The first kappa shape index (κ1) is 17.1. The highest BCUT2D eigenvalue weighted by atomic mass is 32.2. The van der Waals surface area contributed by atoms with Crippen molar-refractivity contribution in [3.8, 4) is 0 Å². The van der Waals surface area contributed by atoms with Gasteiger partial charge in [-0.25, -0.2) is 0 Å². The van der Waals surface area contributed by atoms with Crippen LogP contribution in [0.4, 0.5) is 4.79 Å². The molecule has 0 N–H and O–H groups in total. The summed E-state index contributed by atoms with van der Waals surface area (Å²) >= 11 is 2.55. The van der Waals surface area contributed by atoms with Crippen molar-refractivity contribution in [2.24, 2.45) is 0 Å². The minimum Gasteiger partial charge on any atom is -0.329 e. The Morgan fingerprint density at radius 3 is 2.50 bits per heavy atom. The molecule has 1 aromatic heterocycles. The molecule has 1 amide bonds. The Morgan fingerprint density at radius 2 is 1.86 bits per heavy atom. The van der Waals surface area contributed by atoms with E-state index in [9.17, 15) is 9.59 Å². The maximum absolute atomic E-state index is 12.3. The van der Waals surface area contributed by atoms with E-state index in [4.69, 9.17) is 0 Å². The van der Waals surface area contributed by atoms with Gasteiger partial charge < -0.3 is 4.90 Å². The van der Waals surface area contributed by atoms with Crippen molar-refractivity contribution in [3.05, 3.63) is 33.9 Å². The van der Waals surface area contributed by atoms with Crippen LogP contribution in [0.5, 0.6) is 0 Å². The van der Waals surface area contributed by atoms with E-state index in [0.29, 0.717) is 12.3 Å². The van der Waals surface area contributed by atoms with Crippen molar-refractivity contribution in [3.63, 3.8) is 0 Å². The van der Waals surface area contributed by atoms with E-state index in [0.717, 1.165) is 10.2 Å². The third-order valence-electron chi connectivity index (χ3n) is 3.44. The number of thioether (sulfide) groups is 1. The first-order valence-electron chi connectivity index (χ1n) is 7.45. The Kier molecular flexibility index (Phi) is 5.69. The van der Waals surface area contributed by atoms with Crippen LogP contribution in [0, 0.1) is 0 Å². The second-order valence-corrected chi connectivity index (χ2v) is 7.74. The van der Waals surface area contributed by atoms with Crippen molar-refractivity contribution >= 4 is 38.6 Å². The number of fused-ring (bicyclic) bond motifs is 1. The molecule has 22 heavy (non-hydrogen) atoms. The number of nitrogens with zero attached hydrogens (tertiary/aromatic N) is 2. The lowest BCUT2D eigenvalue weighted by atomic mass is 10.2. The molecular formula is C16H22N2O2S2. The Morgan fingerprint density at radius 1 is 1.23 bits per heavy atom. The predicted molar refractivity (Wildman–Crippen MR) is 96.1 cm³/mol. The predicted octanol–water partition coefficient (Wildman–Crippen LogP) is 4.04. The summed E-state index contributed by atoms with van der Waals surface area (Å²) in [5.74, 6) is 0.607. The number of hydrogen-bond donors (Lipinski definition) is 0. The lowest BCUT2D eigenvalue weighted by molar-refractivity contribution is 0.190. The topological polar surface area (TPSA) is 42.3 Å². The van der Waals surface area contributed by atoms with Crippen molar-refractivity contribution in [2.45, 2.75) is 46.3 Å². The lowest BCUT2D eigenvalue weighted by Gasteiger charge is -2.30. The summed E-state index contributed by atoms with van der Waals surface area (Å²) in [6.45, 7) is 8.65. The number of hydrogen-bond acceptors (Lipinski definition) is 4. The minimum absolute atomic E-state index is 0.0406. The van der Waals surface area contributed by atoms with E-state index >= 15 is 0 Å². The minimum atomic E-state index is 0.0406. The summed E-state index contributed by atoms with van der Waals surface area (Å²) in [5.41, 5.74) is 0.954. The molecule has 0 radical (unpaired) electrons. The highest BCUT2D eigenvalue weighted by Crippen LogP contribution is 2.19. The zero-order chi connectivity index (χ0) is 16.3. The van der Waals surface area contributed by atoms with Gasteiger partial charge in [0.05, 0.1) is 10.2 Å². The van der Waals surface area contributed by atoms with Crippen molar-refractivity contribution in [2.75, 3.05) is 5.75 Å². The van der Waals surface area contributed by atoms with Gasteiger partial charge in [0.1, 0.15) is 0 Å². The van der Waals surface area contributed by atoms with Crippen molar-refractivity contribution < 1.29 is 4.79 Å².